The average molecular weight is 483 g/mol. The molecule has 1 fully saturated rings. The third-order valence-corrected chi connectivity index (χ3v) is 6.79. The number of nitrogens with one attached hydrogen (secondary N) is 2. The Morgan fingerprint density at radius 3 is 2.41 bits per heavy atom. The summed E-state index contributed by atoms with van der Waals surface area (Å²) in [5.74, 6) is 0.295. The van der Waals surface area contributed by atoms with E-state index < -0.39 is 11.2 Å². The van der Waals surface area contributed by atoms with E-state index in [-0.39, 0.29) is 34.5 Å². The maximum absolute atomic E-state index is 12.9. The smallest absolute Gasteiger partial charge is 0.326 e. The minimum Gasteiger partial charge on any atom is -0.326 e. The number of hydrogen-bond donors (Lipinski definition) is 2. The van der Waals surface area contributed by atoms with Gasteiger partial charge in [0.2, 0.25) is 11.8 Å². The van der Waals surface area contributed by atoms with Crippen molar-refractivity contribution in [3.63, 3.8) is 0 Å². The largest absolute Gasteiger partial charge is 0.332 e. The van der Waals surface area contributed by atoms with Gasteiger partial charge in [0.15, 0.2) is 5.65 Å². The van der Waals surface area contributed by atoms with Crippen LogP contribution in [0.2, 0.25) is 0 Å². The fourth-order valence-corrected chi connectivity index (χ4v) is 4.95. The molecule has 0 saturated heterocycles. The predicted molar refractivity (Wildman–Crippen MR) is 131 cm³/mol. The van der Waals surface area contributed by atoms with Crippen LogP contribution in [-0.2, 0) is 23.7 Å². The Labute approximate surface area is 199 Å². The summed E-state index contributed by atoms with van der Waals surface area (Å²) < 4.78 is 2.38. The molecule has 2 aromatic heterocycles. The molecule has 34 heavy (non-hydrogen) atoms. The standard InChI is InChI=1S/C23H26N6O4S/c1-13(30)24-15-9-6-10-16(11-15)25-17(31)12-34-21-18-20(28(2)23(33)29(3)22(18)32)26-19(27-21)14-7-4-5-8-14/h6,9-11,14H,4-5,7-8,12H2,1-3H3,(H,24,30)(H,25,31). The third kappa shape index (κ3) is 4.89. The molecule has 0 atom stereocenters. The van der Waals surface area contributed by atoms with Crippen molar-refractivity contribution in [3.05, 3.63) is 50.9 Å². The minimum atomic E-state index is -0.484. The van der Waals surface area contributed by atoms with Crippen LogP contribution in [0.15, 0.2) is 38.9 Å². The second-order valence-corrected chi connectivity index (χ2v) is 9.34. The first kappa shape index (κ1) is 23.7. The average Bonchev–Trinajstić information content (AvgIpc) is 3.34. The van der Waals surface area contributed by atoms with Crippen LogP contribution in [0.1, 0.15) is 44.3 Å². The normalized spacial score (nSPS) is 13.9. The van der Waals surface area contributed by atoms with Gasteiger partial charge in [0, 0.05) is 38.3 Å². The molecule has 1 aliphatic carbocycles. The van der Waals surface area contributed by atoms with Crippen molar-refractivity contribution in [2.45, 2.75) is 43.6 Å². The zero-order chi connectivity index (χ0) is 24.4. The maximum Gasteiger partial charge on any atom is 0.332 e. The van der Waals surface area contributed by atoms with Crippen molar-refractivity contribution < 1.29 is 9.59 Å². The summed E-state index contributed by atoms with van der Waals surface area (Å²) in [4.78, 5) is 58.6. The lowest BCUT2D eigenvalue weighted by Gasteiger charge is -2.14. The van der Waals surface area contributed by atoms with Crippen molar-refractivity contribution in [2.24, 2.45) is 14.1 Å². The van der Waals surface area contributed by atoms with Crippen molar-refractivity contribution in [3.8, 4) is 0 Å². The van der Waals surface area contributed by atoms with E-state index in [1.807, 2.05) is 0 Å². The number of nitrogens with zero attached hydrogens (tertiary/aromatic N) is 4. The van der Waals surface area contributed by atoms with Gasteiger partial charge in [-0.2, -0.15) is 0 Å². The molecule has 0 spiro atoms. The highest BCUT2D eigenvalue weighted by atomic mass is 32.2. The Morgan fingerprint density at radius 1 is 1.06 bits per heavy atom. The molecule has 2 amide bonds. The van der Waals surface area contributed by atoms with Crippen LogP contribution in [0.25, 0.3) is 11.0 Å². The topological polar surface area (TPSA) is 128 Å². The van der Waals surface area contributed by atoms with Crippen molar-refractivity contribution in [1.82, 2.24) is 19.1 Å². The number of amides is 2. The first-order chi connectivity index (χ1) is 16.2. The van der Waals surface area contributed by atoms with Gasteiger partial charge < -0.3 is 10.6 Å². The Kier molecular flexibility index (Phi) is 6.82. The van der Waals surface area contributed by atoms with E-state index in [2.05, 4.69) is 20.6 Å². The molecular weight excluding hydrogens is 456 g/mol. The fourth-order valence-electron chi connectivity index (χ4n) is 4.12. The number of carbonyl (C=O) groups excluding carboxylic acids is 2. The van der Waals surface area contributed by atoms with Crippen LogP contribution in [0, 0.1) is 0 Å². The van der Waals surface area contributed by atoms with Crippen molar-refractivity contribution in [2.75, 3.05) is 16.4 Å². The van der Waals surface area contributed by atoms with E-state index in [4.69, 9.17) is 0 Å². The summed E-state index contributed by atoms with van der Waals surface area (Å²) >= 11 is 1.14. The van der Waals surface area contributed by atoms with Gasteiger partial charge in [0.25, 0.3) is 5.56 Å². The zero-order valence-corrected chi connectivity index (χ0v) is 20.1. The number of carbonyl (C=O) groups is 2. The lowest BCUT2D eigenvalue weighted by molar-refractivity contribution is -0.114. The van der Waals surface area contributed by atoms with Crippen LogP contribution in [0.4, 0.5) is 11.4 Å². The molecule has 1 aromatic carbocycles. The first-order valence-corrected chi connectivity index (χ1v) is 12.0. The summed E-state index contributed by atoms with van der Waals surface area (Å²) in [7, 11) is 3.00. The molecule has 10 nitrogen and oxygen atoms in total. The van der Waals surface area contributed by atoms with Crippen LogP contribution in [0.5, 0.6) is 0 Å². The Morgan fingerprint density at radius 2 is 1.74 bits per heavy atom. The second kappa shape index (κ2) is 9.80. The molecular formula is C23H26N6O4S. The Bertz CT molecular complexity index is 1390. The highest BCUT2D eigenvalue weighted by molar-refractivity contribution is 8.00. The summed E-state index contributed by atoms with van der Waals surface area (Å²) in [5.41, 5.74) is 0.457. The molecule has 178 valence electrons. The lowest BCUT2D eigenvalue weighted by atomic mass is 10.1. The molecule has 2 N–H and O–H groups in total. The van der Waals surface area contributed by atoms with E-state index in [9.17, 15) is 19.2 Å². The molecule has 0 bridgehead atoms. The molecule has 4 rings (SSSR count). The van der Waals surface area contributed by atoms with Gasteiger partial charge in [-0.3, -0.25) is 23.5 Å². The number of rotatable bonds is 6. The molecule has 1 aliphatic rings. The SMILES string of the molecule is CC(=O)Nc1cccc(NC(=O)CSc2nc(C3CCCC3)nc3c2c(=O)n(C)c(=O)n3C)c1. The summed E-state index contributed by atoms with van der Waals surface area (Å²) in [6, 6.07) is 6.83. The fraction of sp³-hybridized carbons (Fsp3) is 0.391. The number of hydrogen-bond acceptors (Lipinski definition) is 7. The van der Waals surface area contributed by atoms with Crippen LogP contribution < -0.4 is 21.9 Å². The van der Waals surface area contributed by atoms with E-state index in [0.717, 1.165) is 42.0 Å². The van der Waals surface area contributed by atoms with Crippen molar-refractivity contribution >= 4 is 46.0 Å². The summed E-state index contributed by atoms with van der Waals surface area (Å²) in [6.45, 7) is 1.41. The van der Waals surface area contributed by atoms with Crippen molar-refractivity contribution in [1.29, 1.82) is 0 Å². The van der Waals surface area contributed by atoms with Gasteiger partial charge in [0.1, 0.15) is 16.2 Å². The number of thioether (sulfide) groups is 1. The molecule has 11 heteroatoms. The van der Waals surface area contributed by atoms with Gasteiger partial charge >= 0.3 is 5.69 Å². The first-order valence-electron chi connectivity index (χ1n) is 11.0. The predicted octanol–water partition coefficient (Wildman–Crippen LogP) is 2.37. The van der Waals surface area contributed by atoms with E-state index in [1.54, 1.807) is 31.3 Å². The minimum absolute atomic E-state index is 0.00653. The number of fused-ring (bicyclic) bond motifs is 1. The number of benzene rings is 1. The second-order valence-electron chi connectivity index (χ2n) is 8.37. The molecule has 0 unspecified atom stereocenters. The highest BCUT2D eigenvalue weighted by Gasteiger charge is 2.24. The Balaban J connectivity index is 1.63. The van der Waals surface area contributed by atoms with Gasteiger partial charge in [-0.1, -0.05) is 30.7 Å². The number of aryl methyl sites for hydroxylation is 1. The number of aromatic nitrogens is 4. The van der Waals surface area contributed by atoms with E-state index in [0.29, 0.717) is 22.2 Å². The maximum atomic E-state index is 12.9. The van der Waals surface area contributed by atoms with Gasteiger partial charge in [-0.05, 0) is 31.0 Å². The van der Waals surface area contributed by atoms with E-state index in [1.165, 1.54) is 18.5 Å². The monoisotopic (exact) mass is 482 g/mol. The molecule has 2 heterocycles. The van der Waals surface area contributed by atoms with Crippen LogP contribution >= 0.6 is 11.8 Å². The number of anilines is 2. The molecule has 3 aromatic rings. The van der Waals surface area contributed by atoms with Gasteiger partial charge in [-0.25, -0.2) is 14.8 Å². The summed E-state index contributed by atoms with van der Waals surface area (Å²) in [6.07, 6.45) is 4.09. The summed E-state index contributed by atoms with van der Waals surface area (Å²) in [5, 5.41) is 6.10. The third-order valence-electron chi connectivity index (χ3n) is 5.81. The van der Waals surface area contributed by atoms with Gasteiger partial charge in [-0.15, -0.1) is 0 Å². The quantitative estimate of drug-likeness (QED) is 0.408. The molecule has 0 radical (unpaired) electrons. The molecule has 0 aliphatic heterocycles. The van der Waals surface area contributed by atoms with Crippen LogP contribution in [0.3, 0.4) is 0 Å². The Hall–Kier alpha value is -3.47. The highest BCUT2D eigenvalue weighted by Crippen LogP contribution is 2.34. The van der Waals surface area contributed by atoms with Gasteiger partial charge in [0.05, 0.1) is 5.75 Å². The zero-order valence-electron chi connectivity index (χ0n) is 19.3. The van der Waals surface area contributed by atoms with Crippen LogP contribution in [-0.4, -0.2) is 36.7 Å². The molecule has 1 saturated carbocycles. The van der Waals surface area contributed by atoms with E-state index >= 15 is 0 Å². The lowest BCUT2D eigenvalue weighted by Crippen LogP contribution is -2.38.